The average Bonchev–Trinajstić information content (AvgIpc) is 3.00. The van der Waals surface area contributed by atoms with Crippen LogP contribution in [0, 0.1) is 17.8 Å². The van der Waals surface area contributed by atoms with Crippen molar-refractivity contribution in [1.29, 1.82) is 0 Å². The Morgan fingerprint density at radius 1 is 1.39 bits per heavy atom. The number of hydrogen-bond donors (Lipinski definition) is 2. The van der Waals surface area contributed by atoms with Crippen LogP contribution in [0.3, 0.4) is 0 Å². The number of aromatic carboxylic acids is 1. The Kier molecular flexibility index (Phi) is 5.75. The number of rotatable bonds is 6. The van der Waals surface area contributed by atoms with Crippen LogP contribution in [0.25, 0.3) is 0 Å². The maximum absolute atomic E-state index is 11.0. The Morgan fingerprint density at radius 3 is 2.87 bits per heavy atom. The van der Waals surface area contributed by atoms with E-state index in [0.717, 1.165) is 24.8 Å². The molecule has 0 saturated carbocycles. The number of nitrogens with one attached hydrogen (secondary N) is 1. The highest BCUT2D eigenvalue weighted by Crippen LogP contribution is 2.22. The molecule has 120 valence electrons. The second-order valence-electron chi connectivity index (χ2n) is 5.11. The number of ether oxygens (including phenoxy) is 1. The smallest absolute Gasteiger partial charge is 0.362 e. The van der Waals surface area contributed by atoms with Crippen molar-refractivity contribution in [3.8, 4) is 23.5 Å². The summed E-state index contributed by atoms with van der Waals surface area (Å²) in [5.74, 6) is 6.20. The molecule has 0 aliphatic carbocycles. The van der Waals surface area contributed by atoms with Gasteiger partial charge in [-0.15, -0.1) is 5.10 Å². The SMILES string of the molecule is CCC(CC)CC#Cc1cccc(Oc2[nH]nnc2C(=O)O)c1. The number of hydrogen-bond acceptors (Lipinski definition) is 4. The molecule has 0 saturated heterocycles. The van der Waals surface area contributed by atoms with E-state index in [2.05, 4.69) is 41.1 Å². The van der Waals surface area contributed by atoms with Crippen LogP contribution < -0.4 is 4.74 Å². The van der Waals surface area contributed by atoms with E-state index in [-0.39, 0.29) is 11.6 Å². The standard InChI is InChI=1S/C17H19N3O3/c1-3-12(4-2)7-5-8-13-9-6-10-14(11-13)23-16-15(17(21)22)18-20-19-16/h6,9-12H,3-4,7H2,1-2H3,(H,21,22)(H,18,19,20). The highest BCUT2D eigenvalue weighted by molar-refractivity contribution is 5.87. The molecular weight excluding hydrogens is 294 g/mol. The molecule has 0 aliphatic rings. The summed E-state index contributed by atoms with van der Waals surface area (Å²) < 4.78 is 5.49. The predicted molar refractivity (Wildman–Crippen MR) is 85.4 cm³/mol. The first-order chi connectivity index (χ1) is 11.1. The van der Waals surface area contributed by atoms with Gasteiger partial charge in [-0.05, 0) is 24.1 Å². The van der Waals surface area contributed by atoms with Gasteiger partial charge in [-0.3, -0.25) is 0 Å². The van der Waals surface area contributed by atoms with Gasteiger partial charge >= 0.3 is 5.97 Å². The molecule has 2 aromatic rings. The number of carboxylic acids is 1. The molecule has 0 bridgehead atoms. The van der Waals surface area contributed by atoms with Crippen LogP contribution in [-0.2, 0) is 0 Å². The lowest BCUT2D eigenvalue weighted by Crippen LogP contribution is -1.99. The van der Waals surface area contributed by atoms with Crippen molar-refractivity contribution in [2.24, 2.45) is 5.92 Å². The molecule has 1 heterocycles. The second kappa shape index (κ2) is 7.99. The lowest BCUT2D eigenvalue weighted by molar-refractivity contribution is 0.0687. The predicted octanol–water partition coefficient (Wildman–Crippen LogP) is 3.47. The van der Waals surface area contributed by atoms with E-state index in [1.165, 1.54) is 0 Å². The molecule has 6 heteroatoms. The Morgan fingerprint density at radius 2 is 2.17 bits per heavy atom. The zero-order valence-corrected chi connectivity index (χ0v) is 13.2. The molecule has 6 nitrogen and oxygen atoms in total. The minimum Gasteiger partial charge on any atom is -0.476 e. The molecule has 0 spiro atoms. The second-order valence-corrected chi connectivity index (χ2v) is 5.11. The fourth-order valence-corrected chi connectivity index (χ4v) is 2.06. The Balaban J connectivity index is 2.10. The van der Waals surface area contributed by atoms with Crippen molar-refractivity contribution in [2.45, 2.75) is 33.1 Å². The van der Waals surface area contributed by atoms with E-state index in [1.54, 1.807) is 18.2 Å². The van der Waals surface area contributed by atoms with Gasteiger partial charge in [0.2, 0.25) is 5.69 Å². The number of benzene rings is 1. The van der Waals surface area contributed by atoms with Gasteiger partial charge < -0.3 is 9.84 Å². The fourth-order valence-electron chi connectivity index (χ4n) is 2.06. The van der Waals surface area contributed by atoms with Crippen LogP contribution in [0.4, 0.5) is 0 Å². The zero-order chi connectivity index (χ0) is 16.7. The Labute approximate surface area is 134 Å². The minimum absolute atomic E-state index is 0.000334. The third-order valence-electron chi connectivity index (χ3n) is 3.55. The lowest BCUT2D eigenvalue weighted by Gasteiger charge is -2.06. The first-order valence-corrected chi connectivity index (χ1v) is 7.55. The molecule has 2 rings (SSSR count). The molecule has 0 fully saturated rings. The van der Waals surface area contributed by atoms with Crippen molar-refractivity contribution in [1.82, 2.24) is 15.4 Å². The largest absolute Gasteiger partial charge is 0.476 e. The highest BCUT2D eigenvalue weighted by Gasteiger charge is 2.16. The lowest BCUT2D eigenvalue weighted by atomic mass is 10.00. The Hall–Kier alpha value is -2.81. The molecule has 0 amide bonds. The molecular formula is C17H19N3O3. The van der Waals surface area contributed by atoms with Crippen LogP contribution in [-0.4, -0.2) is 26.5 Å². The summed E-state index contributed by atoms with van der Waals surface area (Å²) in [7, 11) is 0. The van der Waals surface area contributed by atoms with Crippen LogP contribution in [0.1, 0.15) is 49.2 Å². The maximum Gasteiger partial charge on any atom is 0.362 e. The molecule has 0 atom stereocenters. The molecule has 1 aromatic heterocycles. The van der Waals surface area contributed by atoms with Gasteiger partial charge in [-0.1, -0.05) is 49.8 Å². The summed E-state index contributed by atoms with van der Waals surface area (Å²) in [6.45, 7) is 4.34. The maximum atomic E-state index is 11.0. The van der Waals surface area contributed by atoms with Crippen LogP contribution >= 0.6 is 0 Å². The summed E-state index contributed by atoms with van der Waals surface area (Å²) in [6, 6.07) is 7.17. The summed E-state index contributed by atoms with van der Waals surface area (Å²) in [5.41, 5.74) is 0.563. The van der Waals surface area contributed by atoms with Crippen molar-refractivity contribution in [2.75, 3.05) is 0 Å². The summed E-state index contributed by atoms with van der Waals surface area (Å²) in [4.78, 5) is 11.0. The molecule has 0 aliphatic heterocycles. The Bertz CT molecular complexity index is 724. The van der Waals surface area contributed by atoms with Crippen LogP contribution in [0.5, 0.6) is 11.6 Å². The topological polar surface area (TPSA) is 88.1 Å². The van der Waals surface area contributed by atoms with Gasteiger partial charge in [-0.2, -0.15) is 0 Å². The van der Waals surface area contributed by atoms with Crippen molar-refractivity contribution in [3.05, 3.63) is 35.5 Å². The summed E-state index contributed by atoms with van der Waals surface area (Å²) in [6.07, 6.45) is 3.12. The average molecular weight is 313 g/mol. The first kappa shape index (κ1) is 16.6. The van der Waals surface area contributed by atoms with E-state index >= 15 is 0 Å². The van der Waals surface area contributed by atoms with Crippen LogP contribution in [0.2, 0.25) is 0 Å². The van der Waals surface area contributed by atoms with Gasteiger partial charge in [-0.25, -0.2) is 9.89 Å². The first-order valence-electron chi connectivity index (χ1n) is 7.55. The molecule has 0 radical (unpaired) electrons. The van der Waals surface area contributed by atoms with Crippen molar-refractivity contribution in [3.63, 3.8) is 0 Å². The van der Waals surface area contributed by atoms with E-state index in [9.17, 15) is 4.79 Å². The number of nitrogens with zero attached hydrogens (tertiary/aromatic N) is 2. The van der Waals surface area contributed by atoms with Crippen molar-refractivity contribution >= 4 is 5.97 Å². The molecule has 2 N–H and O–H groups in total. The monoisotopic (exact) mass is 313 g/mol. The number of carboxylic acid groups (broad SMARTS) is 1. The van der Waals surface area contributed by atoms with Gasteiger partial charge in [0.1, 0.15) is 5.75 Å². The highest BCUT2D eigenvalue weighted by atomic mass is 16.5. The number of carbonyl (C=O) groups is 1. The fraction of sp³-hybridized carbons (Fsp3) is 0.353. The molecule has 0 unspecified atom stereocenters. The van der Waals surface area contributed by atoms with E-state index in [1.807, 2.05) is 6.07 Å². The zero-order valence-electron chi connectivity index (χ0n) is 13.2. The minimum atomic E-state index is -1.20. The van der Waals surface area contributed by atoms with Gasteiger partial charge in [0, 0.05) is 12.0 Å². The van der Waals surface area contributed by atoms with Gasteiger partial charge in [0.25, 0.3) is 5.88 Å². The van der Waals surface area contributed by atoms with Gasteiger partial charge in [0.05, 0.1) is 0 Å². The summed E-state index contributed by atoms with van der Waals surface area (Å²) >= 11 is 0. The normalized spacial score (nSPS) is 10.2. The quantitative estimate of drug-likeness (QED) is 0.797. The number of aromatic amines is 1. The van der Waals surface area contributed by atoms with E-state index in [0.29, 0.717) is 11.7 Å². The van der Waals surface area contributed by atoms with Crippen molar-refractivity contribution < 1.29 is 14.6 Å². The molecule has 23 heavy (non-hydrogen) atoms. The van der Waals surface area contributed by atoms with E-state index < -0.39 is 5.97 Å². The third-order valence-corrected chi connectivity index (χ3v) is 3.55. The third kappa shape index (κ3) is 4.58. The van der Waals surface area contributed by atoms with Crippen LogP contribution in [0.15, 0.2) is 24.3 Å². The molecule has 1 aromatic carbocycles. The summed E-state index contributed by atoms with van der Waals surface area (Å²) in [5, 5.41) is 18.3. The van der Waals surface area contributed by atoms with Gasteiger partial charge in [0.15, 0.2) is 0 Å². The number of aromatic nitrogens is 3. The number of H-pyrrole nitrogens is 1. The van der Waals surface area contributed by atoms with E-state index in [4.69, 9.17) is 9.84 Å².